The summed E-state index contributed by atoms with van der Waals surface area (Å²) in [6.07, 6.45) is 4.59. The maximum atomic E-state index is 12.0. The van der Waals surface area contributed by atoms with Gasteiger partial charge < -0.3 is 13.9 Å². The van der Waals surface area contributed by atoms with Gasteiger partial charge >= 0.3 is 5.97 Å². The topological polar surface area (TPSA) is 63.7 Å². The Bertz CT molecular complexity index is 920. The van der Waals surface area contributed by atoms with Crippen LogP contribution in [-0.2, 0) is 22.6 Å². The van der Waals surface area contributed by atoms with Gasteiger partial charge in [-0.2, -0.15) is 5.26 Å². The molecule has 1 aromatic carbocycles. The van der Waals surface area contributed by atoms with Gasteiger partial charge in [0.25, 0.3) is 0 Å². The average Bonchev–Trinajstić information content (AvgIpc) is 3.02. The van der Waals surface area contributed by atoms with E-state index in [1.165, 1.54) is 0 Å². The Hall–Kier alpha value is -3.26. The lowest BCUT2D eigenvalue weighted by molar-refractivity contribution is -0.144. The van der Waals surface area contributed by atoms with Crippen LogP contribution in [0.2, 0.25) is 0 Å². The number of carbonyl (C=O) groups is 1. The first-order valence-electron chi connectivity index (χ1n) is 7.98. The minimum absolute atomic E-state index is 0.103. The van der Waals surface area contributed by atoms with Crippen LogP contribution in [0.4, 0.5) is 0 Å². The van der Waals surface area contributed by atoms with Gasteiger partial charge in [-0.1, -0.05) is 18.2 Å². The third kappa shape index (κ3) is 3.81. The molecule has 0 amide bonds. The average molecular weight is 334 g/mol. The van der Waals surface area contributed by atoms with Gasteiger partial charge in [-0.05, 0) is 36.2 Å². The third-order valence-electron chi connectivity index (χ3n) is 4.04. The zero-order valence-corrected chi connectivity index (χ0v) is 13.9. The second-order valence-electron chi connectivity index (χ2n) is 5.64. The summed E-state index contributed by atoms with van der Waals surface area (Å²) >= 11 is 0. The lowest BCUT2D eigenvalue weighted by Gasteiger charge is -2.05. The second kappa shape index (κ2) is 7.54. The highest BCUT2D eigenvalue weighted by Crippen LogP contribution is 2.19. The van der Waals surface area contributed by atoms with E-state index in [0.29, 0.717) is 24.0 Å². The van der Waals surface area contributed by atoms with E-state index < -0.39 is 0 Å². The molecule has 0 aliphatic heterocycles. The van der Waals surface area contributed by atoms with Crippen molar-refractivity contribution in [3.63, 3.8) is 0 Å². The maximum Gasteiger partial charge on any atom is 0.306 e. The molecule has 5 nitrogen and oxygen atoms in total. The highest BCUT2D eigenvalue weighted by atomic mass is 16.5. The predicted octanol–water partition coefficient (Wildman–Crippen LogP) is 3.50. The van der Waals surface area contributed by atoms with Crippen molar-refractivity contribution >= 4 is 11.5 Å². The third-order valence-corrected chi connectivity index (χ3v) is 4.04. The Morgan fingerprint density at radius 2 is 2.00 bits per heavy atom. The summed E-state index contributed by atoms with van der Waals surface area (Å²) < 4.78 is 12.3. The Morgan fingerprint density at radius 3 is 2.72 bits per heavy atom. The molecule has 0 saturated heterocycles. The summed E-state index contributed by atoms with van der Waals surface area (Å²) in [7, 11) is 1.62. The molecule has 2 heterocycles. The molecule has 2 aromatic heterocycles. The molecule has 0 fully saturated rings. The number of hydrogen-bond acceptors (Lipinski definition) is 4. The Labute approximate surface area is 146 Å². The van der Waals surface area contributed by atoms with E-state index in [1.807, 2.05) is 59.3 Å². The van der Waals surface area contributed by atoms with Crippen molar-refractivity contribution in [1.29, 1.82) is 5.26 Å². The van der Waals surface area contributed by atoms with Gasteiger partial charge in [0, 0.05) is 24.4 Å². The van der Waals surface area contributed by atoms with E-state index in [4.69, 9.17) is 9.47 Å². The van der Waals surface area contributed by atoms with Crippen molar-refractivity contribution in [2.75, 3.05) is 7.11 Å². The number of aromatic nitrogens is 1. The quantitative estimate of drug-likeness (QED) is 0.647. The summed E-state index contributed by atoms with van der Waals surface area (Å²) in [6, 6.07) is 15.4. The summed E-state index contributed by atoms with van der Waals surface area (Å²) in [5.74, 6) is 0.506. The van der Waals surface area contributed by atoms with Gasteiger partial charge in [0.05, 0.1) is 18.2 Å². The lowest BCUT2D eigenvalue weighted by Crippen LogP contribution is -2.06. The van der Waals surface area contributed by atoms with Gasteiger partial charge in [0.15, 0.2) is 0 Å². The molecule has 0 saturated carbocycles. The number of hydrogen-bond donors (Lipinski definition) is 0. The number of rotatable bonds is 6. The van der Waals surface area contributed by atoms with Gasteiger partial charge in [-0.3, -0.25) is 4.79 Å². The minimum Gasteiger partial charge on any atom is -0.497 e. The van der Waals surface area contributed by atoms with Crippen LogP contribution >= 0.6 is 0 Å². The normalized spacial score (nSPS) is 10.4. The van der Waals surface area contributed by atoms with E-state index in [-0.39, 0.29) is 12.6 Å². The first-order chi connectivity index (χ1) is 12.2. The van der Waals surface area contributed by atoms with Crippen molar-refractivity contribution < 1.29 is 14.3 Å². The van der Waals surface area contributed by atoms with Crippen molar-refractivity contribution in [3.8, 4) is 11.8 Å². The molecule has 0 N–H and O–H groups in total. The fourth-order valence-corrected chi connectivity index (χ4v) is 2.68. The monoisotopic (exact) mass is 334 g/mol. The number of fused-ring (bicyclic) bond motifs is 1. The summed E-state index contributed by atoms with van der Waals surface area (Å²) in [6.45, 7) is 0.103. The van der Waals surface area contributed by atoms with Crippen LogP contribution in [0.15, 0.2) is 54.9 Å². The van der Waals surface area contributed by atoms with Crippen molar-refractivity contribution in [1.82, 2.24) is 4.40 Å². The number of carbonyl (C=O) groups excluding carboxylic acids is 1. The molecule has 3 rings (SSSR count). The second-order valence-corrected chi connectivity index (χ2v) is 5.64. The standard InChI is InChI=1S/C20H18N2O3/c1-24-17-8-5-15(6-9-17)7-10-20(23)25-14-16-13-22-11-3-2-4-19(22)18(16)12-21/h2-6,8-9,11,13H,7,10,14H2,1H3. The van der Waals surface area contributed by atoms with Crippen molar-refractivity contribution in [3.05, 3.63) is 71.5 Å². The van der Waals surface area contributed by atoms with Crippen LogP contribution in [0.1, 0.15) is 23.1 Å². The molecule has 0 unspecified atom stereocenters. The molecule has 0 aliphatic rings. The first kappa shape index (κ1) is 16.6. The van der Waals surface area contributed by atoms with Crippen LogP contribution in [0, 0.1) is 11.3 Å². The highest BCUT2D eigenvalue weighted by Gasteiger charge is 2.12. The van der Waals surface area contributed by atoms with Gasteiger partial charge in [0.1, 0.15) is 18.4 Å². The van der Waals surface area contributed by atoms with Crippen LogP contribution in [0.3, 0.4) is 0 Å². The SMILES string of the molecule is COc1ccc(CCC(=O)OCc2cn3ccccc3c2C#N)cc1. The van der Waals surface area contributed by atoms with Crippen LogP contribution in [0.25, 0.3) is 5.52 Å². The molecule has 5 heteroatoms. The molecular formula is C20H18N2O3. The molecule has 25 heavy (non-hydrogen) atoms. The number of esters is 1. The van der Waals surface area contributed by atoms with E-state index in [9.17, 15) is 10.1 Å². The Kier molecular flexibility index (Phi) is 5.00. The van der Waals surface area contributed by atoms with E-state index in [0.717, 1.165) is 16.8 Å². The van der Waals surface area contributed by atoms with Gasteiger partial charge in [0.2, 0.25) is 0 Å². The number of nitriles is 1. The van der Waals surface area contributed by atoms with Crippen molar-refractivity contribution in [2.24, 2.45) is 0 Å². The van der Waals surface area contributed by atoms with E-state index in [2.05, 4.69) is 6.07 Å². The molecule has 0 aliphatic carbocycles. The largest absolute Gasteiger partial charge is 0.497 e. The molecule has 0 atom stereocenters. The number of pyridine rings is 1. The van der Waals surface area contributed by atoms with E-state index >= 15 is 0 Å². The van der Waals surface area contributed by atoms with Crippen molar-refractivity contribution in [2.45, 2.75) is 19.4 Å². The highest BCUT2D eigenvalue weighted by molar-refractivity contribution is 5.70. The smallest absolute Gasteiger partial charge is 0.306 e. The summed E-state index contributed by atoms with van der Waals surface area (Å²) in [5.41, 5.74) is 3.12. The molecule has 0 radical (unpaired) electrons. The fraction of sp³-hybridized carbons (Fsp3) is 0.200. The molecular weight excluding hydrogens is 316 g/mol. The molecule has 3 aromatic rings. The zero-order chi connectivity index (χ0) is 17.6. The fourth-order valence-electron chi connectivity index (χ4n) is 2.68. The number of aryl methyl sites for hydroxylation is 1. The molecule has 0 spiro atoms. The zero-order valence-electron chi connectivity index (χ0n) is 13.9. The predicted molar refractivity (Wildman–Crippen MR) is 93.2 cm³/mol. The number of ether oxygens (including phenoxy) is 2. The van der Waals surface area contributed by atoms with Gasteiger partial charge in [-0.25, -0.2) is 0 Å². The minimum atomic E-state index is -0.282. The summed E-state index contributed by atoms with van der Waals surface area (Å²) in [5, 5.41) is 9.35. The Morgan fingerprint density at radius 1 is 1.20 bits per heavy atom. The number of benzene rings is 1. The van der Waals surface area contributed by atoms with E-state index in [1.54, 1.807) is 7.11 Å². The number of methoxy groups -OCH3 is 1. The first-order valence-corrected chi connectivity index (χ1v) is 7.98. The van der Waals surface area contributed by atoms with Crippen LogP contribution in [-0.4, -0.2) is 17.5 Å². The maximum absolute atomic E-state index is 12.0. The van der Waals surface area contributed by atoms with Gasteiger partial charge in [-0.15, -0.1) is 0 Å². The Balaban J connectivity index is 1.58. The number of nitrogens with zero attached hydrogens (tertiary/aromatic N) is 2. The van der Waals surface area contributed by atoms with Crippen LogP contribution < -0.4 is 4.74 Å². The lowest BCUT2D eigenvalue weighted by atomic mass is 10.1. The van der Waals surface area contributed by atoms with Crippen LogP contribution in [0.5, 0.6) is 5.75 Å². The molecule has 126 valence electrons. The molecule has 0 bridgehead atoms. The summed E-state index contributed by atoms with van der Waals surface area (Å²) in [4.78, 5) is 12.0.